The van der Waals surface area contributed by atoms with E-state index in [1.54, 1.807) is 0 Å². The highest BCUT2D eigenvalue weighted by molar-refractivity contribution is 5.71. The number of carbonyl (C=O) groups excluding carboxylic acids is 3. The van der Waals surface area contributed by atoms with Gasteiger partial charge in [-0.25, -0.2) is 0 Å². The van der Waals surface area contributed by atoms with Gasteiger partial charge in [-0.05, 0) is 31.1 Å². The van der Waals surface area contributed by atoms with Crippen LogP contribution in [0, 0.1) is 11.8 Å². The van der Waals surface area contributed by atoms with Crippen molar-refractivity contribution in [2.24, 2.45) is 11.8 Å². The zero-order chi connectivity index (χ0) is 43.3. The number of carbonyl (C=O) groups is 3. The molecular weight excluding hydrogens is 733 g/mol. The molecule has 0 aromatic heterocycles. The summed E-state index contributed by atoms with van der Waals surface area (Å²) in [6.45, 7) is 11.4. The summed E-state index contributed by atoms with van der Waals surface area (Å²) >= 11 is 0. The molecule has 0 aromatic carbocycles. The summed E-state index contributed by atoms with van der Waals surface area (Å²) in [6.07, 6.45) is 46.7. The van der Waals surface area contributed by atoms with E-state index >= 15 is 0 Å². The summed E-state index contributed by atoms with van der Waals surface area (Å²) in [5.41, 5.74) is 0. The van der Waals surface area contributed by atoms with Gasteiger partial charge < -0.3 is 14.2 Å². The van der Waals surface area contributed by atoms with Gasteiger partial charge in [0.2, 0.25) is 0 Å². The van der Waals surface area contributed by atoms with Gasteiger partial charge in [-0.2, -0.15) is 0 Å². The van der Waals surface area contributed by atoms with E-state index in [0.29, 0.717) is 19.3 Å². The van der Waals surface area contributed by atoms with Gasteiger partial charge in [-0.3, -0.25) is 14.4 Å². The fourth-order valence-corrected chi connectivity index (χ4v) is 7.96. The Kier molecular flexibility index (Phi) is 44.7. The van der Waals surface area contributed by atoms with Crippen LogP contribution in [0.2, 0.25) is 0 Å². The van der Waals surface area contributed by atoms with Crippen molar-refractivity contribution in [1.29, 1.82) is 0 Å². The molecule has 59 heavy (non-hydrogen) atoms. The van der Waals surface area contributed by atoms with Gasteiger partial charge in [0.25, 0.3) is 0 Å². The van der Waals surface area contributed by atoms with Crippen LogP contribution in [-0.2, 0) is 28.6 Å². The zero-order valence-corrected chi connectivity index (χ0v) is 40.4. The van der Waals surface area contributed by atoms with Crippen LogP contribution in [0.4, 0.5) is 0 Å². The Bertz CT molecular complexity index is 902. The fourth-order valence-electron chi connectivity index (χ4n) is 7.96. The Morgan fingerprint density at radius 3 is 0.966 bits per heavy atom. The van der Waals surface area contributed by atoms with Crippen LogP contribution in [0.3, 0.4) is 0 Å². The van der Waals surface area contributed by atoms with Crippen LogP contribution in [0.25, 0.3) is 0 Å². The van der Waals surface area contributed by atoms with E-state index in [4.69, 9.17) is 14.2 Å². The van der Waals surface area contributed by atoms with Crippen molar-refractivity contribution in [3.8, 4) is 0 Å². The van der Waals surface area contributed by atoms with E-state index in [1.165, 1.54) is 180 Å². The van der Waals surface area contributed by atoms with Gasteiger partial charge in [-0.15, -0.1) is 0 Å². The summed E-state index contributed by atoms with van der Waals surface area (Å²) in [5, 5.41) is 0. The van der Waals surface area contributed by atoms with Crippen molar-refractivity contribution >= 4 is 17.9 Å². The fraction of sp³-hybridized carbons (Fsp3) is 0.943. The molecule has 1 unspecified atom stereocenters. The second kappa shape index (κ2) is 45.9. The average Bonchev–Trinajstić information content (AvgIpc) is 3.22. The summed E-state index contributed by atoms with van der Waals surface area (Å²) in [6, 6.07) is 0. The standard InChI is InChI=1S/C53H102O6/c1-6-8-9-10-11-12-24-27-33-38-43-51(54)57-46-50(47-58-52(55)44-39-34-30-29-32-37-42-49(5)7-2)59-53(56)45-40-35-28-25-22-20-18-16-14-13-15-17-19-21-23-26-31-36-41-48(3)4/h48-50H,6-47H2,1-5H3/t49?,50-/m1/s1. The van der Waals surface area contributed by atoms with Crippen LogP contribution in [0.5, 0.6) is 0 Å². The smallest absolute Gasteiger partial charge is 0.306 e. The van der Waals surface area contributed by atoms with Gasteiger partial charge in [0.1, 0.15) is 13.2 Å². The number of ether oxygens (including phenoxy) is 3. The van der Waals surface area contributed by atoms with Crippen LogP contribution in [0.1, 0.15) is 291 Å². The lowest BCUT2D eigenvalue weighted by atomic mass is 10.00. The first-order chi connectivity index (χ1) is 28.8. The Morgan fingerprint density at radius 2 is 0.644 bits per heavy atom. The van der Waals surface area contributed by atoms with Crippen molar-refractivity contribution in [3.63, 3.8) is 0 Å². The Labute approximate surface area is 368 Å². The molecule has 0 aliphatic heterocycles. The summed E-state index contributed by atoms with van der Waals surface area (Å²) in [7, 11) is 0. The minimum atomic E-state index is -0.761. The number of hydrogen-bond donors (Lipinski definition) is 0. The van der Waals surface area contributed by atoms with Crippen molar-refractivity contribution in [2.75, 3.05) is 13.2 Å². The molecule has 0 rings (SSSR count). The lowest BCUT2D eigenvalue weighted by Crippen LogP contribution is -2.30. The molecule has 0 bridgehead atoms. The quantitative estimate of drug-likeness (QED) is 0.0345. The molecular formula is C53H102O6. The number of hydrogen-bond acceptors (Lipinski definition) is 6. The number of unbranched alkanes of at least 4 members (excludes halogenated alkanes) is 31. The normalized spacial score (nSPS) is 12.5. The highest BCUT2D eigenvalue weighted by Gasteiger charge is 2.19. The lowest BCUT2D eigenvalue weighted by Gasteiger charge is -2.18. The van der Waals surface area contributed by atoms with E-state index in [2.05, 4.69) is 34.6 Å². The van der Waals surface area contributed by atoms with Crippen molar-refractivity contribution in [1.82, 2.24) is 0 Å². The van der Waals surface area contributed by atoms with E-state index in [9.17, 15) is 14.4 Å². The third kappa shape index (κ3) is 45.8. The second-order valence-electron chi connectivity index (χ2n) is 18.9. The molecule has 0 aliphatic carbocycles. The third-order valence-corrected chi connectivity index (χ3v) is 12.3. The maximum atomic E-state index is 12.8. The van der Waals surface area contributed by atoms with Gasteiger partial charge >= 0.3 is 17.9 Å². The molecule has 0 spiro atoms. The summed E-state index contributed by atoms with van der Waals surface area (Å²) < 4.78 is 16.8. The van der Waals surface area contributed by atoms with Crippen LogP contribution >= 0.6 is 0 Å². The average molecular weight is 835 g/mol. The second-order valence-corrected chi connectivity index (χ2v) is 18.9. The van der Waals surface area contributed by atoms with E-state index < -0.39 is 6.10 Å². The molecule has 0 N–H and O–H groups in total. The SMILES string of the molecule is CCCCCCCCCCCCC(=O)OC[C@H](COC(=O)CCCCCCCCC(C)CC)OC(=O)CCCCCCCCCCCCCCCCCCCCC(C)C. The summed E-state index contributed by atoms with van der Waals surface area (Å²) in [5.74, 6) is 0.820. The van der Waals surface area contributed by atoms with Crippen molar-refractivity contribution in [2.45, 2.75) is 298 Å². The molecule has 0 heterocycles. The molecule has 0 aliphatic rings. The number of rotatable bonds is 47. The summed E-state index contributed by atoms with van der Waals surface area (Å²) in [4.78, 5) is 37.8. The topological polar surface area (TPSA) is 78.9 Å². The molecule has 0 saturated carbocycles. The largest absolute Gasteiger partial charge is 0.462 e. The molecule has 350 valence electrons. The first kappa shape index (κ1) is 57.4. The van der Waals surface area contributed by atoms with Gasteiger partial charge in [0, 0.05) is 19.3 Å². The molecule has 6 nitrogen and oxygen atoms in total. The Morgan fingerprint density at radius 1 is 0.356 bits per heavy atom. The van der Waals surface area contributed by atoms with Crippen LogP contribution in [-0.4, -0.2) is 37.2 Å². The Hall–Kier alpha value is -1.59. The molecule has 2 atom stereocenters. The Balaban J connectivity index is 4.20. The van der Waals surface area contributed by atoms with E-state index in [0.717, 1.165) is 69.6 Å². The van der Waals surface area contributed by atoms with Crippen molar-refractivity contribution < 1.29 is 28.6 Å². The predicted octanol–water partition coefficient (Wildman–Crippen LogP) is 16.9. The molecule has 0 aromatic rings. The van der Waals surface area contributed by atoms with Crippen LogP contribution in [0.15, 0.2) is 0 Å². The molecule has 0 radical (unpaired) electrons. The highest BCUT2D eigenvalue weighted by Crippen LogP contribution is 2.18. The van der Waals surface area contributed by atoms with Gasteiger partial charge in [0.15, 0.2) is 6.10 Å². The molecule has 6 heteroatoms. The van der Waals surface area contributed by atoms with Crippen molar-refractivity contribution in [3.05, 3.63) is 0 Å². The molecule has 0 fully saturated rings. The van der Waals surface area contributed by atoms with Crippen LogP contribution < -0.4 is 0 Å². The van der Waals surface area contributed by atoms with Gasteiger partial charge in [0.05, 0.1) is 0 Å². The molecule has 0 saturated heterocycles. The zero-order valence-electron chi connectivity index (χ0n) is 40.4. The maximum Gasteiger partial charge on any atom is 0.306 e. The molecule has 0 amide bonds. The van der Waals surface area contributed by atoms with E-state index in [1.807, 2.05) is 0 Å². The minimum absolute atomic E-state index is 0.0644. The first-order valence-electron chi connectivity index (χ1n) is 26.3. The van der Waals surface area contributed by atoms with E-state index in [-0.39, 0.29) is 31.1 Å². The predicted molar refractivity (Wildman–Crippen MR) is 252 cm³/mol. The maximum absolute atomic E-state index is 12.8. The third-order valence-electron chi connectivity index (χ3n) is 12.3. The lowest BCUT2D eigenvalue weighted by molar-refractivity contribution is -0.167. The monoisotopic (exact) mass is 835 g/mol. The van der Waals surface area contributed by atoms with Gasteiger partial charge in [-0.1, -0.05) is 253 Å². The number of esters is 3. The highest BCUT2D eigenvalue weighted by atomic mass is 16.6. The first-order valence-corrected chi connectivity index (χ1v) is 26.3. The minimum Gasteiger partial charge on any atom is -0.462 e.